The number of carboxylic acid groups (broad SMARTS) is 1. The number of nitrogens with one attached hydrogen (secondary N) is 2. The summed E-state index contributed by atoms with van der Waals surface area (Å²) in [5.74, 6) is -0.749. The SMILES string of the molecule is CCOCC(C)NC(=O)NCCCCCCC(=O)O. The molecule has 0 aliphatic heterocycles. The van der Waals surface area contributed by atoms with Gasteiger partial charge in [0.2, 0.25) is 0 Å². The standard InChI is InChI=1S/C13H26N2O4/c1-3-19-10-11(2)15-13(18)14-9-7-5-4-6-8-12(16)17/h11H,3-10H2,1-2H3,(H,16,17)(H2,14,15,18). The van der Waals surface area contributed by atoms with E-state index < -0.39 is 5.97 Å². The van der Waals surface area contributed by atoms with Gasteiger partial charge in [-0.25, -0.2) is 4.79 Å². The number of urea groups is 1. The van der Waals surface area contributed by atoms with Gasteiger partial charge in [0.05, 0.1) is 12.6 Å². The Bertz CT molecular complexity index is 259. The summed E-state index contributed by atoms with van der Waals surface area (Å²) >= 11 is 0. The predicted molar refractivity (Wildman–Crippen MR) is 73.2 cm³/mol. The lowest BCUT2D eigenvalue weighted by Crippen LogP contribution is -2.43. The number of rotatable bonds is 11. The molecule has 0 bridgehead atoms. The molecule has 19 heavy (non-hydrogen) atoms. The van der Waals surface area contributed by atoms with Gasteiger partial charge in [0.25, 0.3) is 0 Å². The molecule has 3 N–H and O–H groups in total. The number of ether oxygens (including phenoxy) is 1. The van der Waals surface area contributed by atoms with Gasteiger partial charge in [-0.3, -0.25) is 4.79 Å². The minimum absolute atomic E-state index is 0.00415. The van der Waals surface area contributed by atoms with Crippen molar-refractivity contribution in [3.63, 3.8) is 0 Å². The molecule has 6 heteroatoms. The van der Waals surface area contributed by atoms with Gasteiger partial charge in [0.1, 0.15) is 0 Å². The van der Waals surface area contributed by atoms with Crippen LogP contribution >= 0.6 is 0 Å². The second-order valence-corrected chi connectivity index (χ2v) is 4.52. The highest BCUT2D eigenvalue weighted by Crippen LogP contribution is 2.02. The van der Waals surface area contributed by atoms with E-state index in [-0.39, 0.29) is 18.5 Å². The lowest BCUT2D eigenvalue weighted by Gasteiger charge is -2.14. The van der Waals surface area contributed by atoms with Gasteiger partial charge in [0.15, 0.2) is 0 Å². The van der Waals surface area contributed by atoms with Gasteiger partial charge in [-0.2, -0.15) is 0 Å². The first-order valence-electron chi connectivity index (χ1n) is 6.90. The first kappa shape index (κ1) is 17.7. The third-order valence-electron chi connectivity index (χ3n) is 2.55. The smallest absolute Gasteiger partial charge is 0.315 e. The molecule has 1 atom stereocenters. The van der Waals surface area contributed by atoms with Crippen molar-refractivity contribution in [3.8, 4) is 0 Å². The van der Waals surface area contributed by atoms with E-state index >= 15 is 0 Å². The molecule has 0 heterocycles. The molecule has 0 aromatic heterocycles. The Morgan fingerprint density at radius 1 is 1.21 bits per heavy atom. The number of aliphatic carboxylic acids is 1. The molecule has 112 valence electrons. The molecule has 1 unspecified atom stereocenters. The maximum absolute atomic E-state index is 11.4. The largest absolute Gasteiger partial charge is 0.481 e. The Balaban J connectivity index is 3.35. The van der Waals surface area contributed by atoms with Gasteiger partial charge >= 0.3 is 12.0 Å². The number of unbranched alkanes of at least 4 members (excludes halogenated alkanes) is 3. The van der Waals surface area contributed by atoms with E-state index in [1.807, 2.05) is 13.8 Å². The average molecular weight is 274 g/mol. The van der Waals surface area contributed by atoms with E-state index in [0.717, 1.165) is 19.3 Å². The van der Waals surface area contributed by atoms with Crippen molar-refractivity contribution >= 4 is 12.0 Å². The Morgan fingerprint density at radius 2 is 1.89 bits per heavy atom. The summed E-state index contributed by atoms with van der Waals surface area (Å²) in [5, 5.41) is 14.0. The quantitative estimate of drug-likeness (QED) is 0.501. The summed E-state index contributed by atoms with van der Waals surface area (Å²) in [4.78, 5) is 21.7. The third-order valence-corrected chi connectivity index (χ3v) is 2.55. The fraction of sp³-hybridized carbons (Fsp3) is 0.846. The summed E-state index contributed by atoms with van der Waals surface area (Å²) < 4.78 is 5.19. The molecular weight excluding hydrogens is 248 g/mol. The number of amides is 2. The highest BCUT2D eigenvalue weighted by molar-refractivity contribution is 5.74. The van der Waals surface area contributed by atoms with Crippen LogP contribution < -0.4 is 10.6 Å². The van der Waals surface area contributed by atoms with Crippen molar-refractivity contribution in [2.24, 2.45) is 0 Å². The van der Waals surface area contributed by atoms with Crippen molar-refractivity contribution < 1.29 is 19.4 Å². The zero-order chi connectivity index (χ0) is 14.5. The zero-order valence-corrected chi connectivity index (χ0v) is 11.9. The van der Waals surface area contributed by atoms with Crippen molar-refractivity contribution in [3.05, 3.63) is 0 Å². The van der Waals surface area contributed by atoms with Crippen LogP contribution in [0.15, 0.2) is 0 Å². The van der Waals surface area contributed by atoms with E-state index in [1.54, 1.807) is 0 Å². The minimum Gasteiger partial charge on any atom is -0.481 e. The molecule has 6 nitrogen and oxygen atoms in total. The van der Waals surface area contributed by atoms with Crippen molar-refractivity contribution in [2.75, 3.05) is 19.8 Å². The van der Waals surface area contributed by atoms with Gasteiger partial charge in [-0.05, 0) is 26.7 Å². The second-order valence-electron chi connectivity index (χ2n) is 4.52. The molecular formula is C13H26N2O4. The maximum atomic E-state index is 11.4. The van der Waals surface area contributed by atoms with Gasteiger partial charge in [0, 0.05) is 19.6 Å². The van der Waals surface area contributed by atoms with Crippen LogP contribution in [0.3, 0.4) is 0 Å². The van der Waals surface area contributed by atoms with E-state index in [0.29, 0.717) is 26.2 Å². The lowest BCUT2D eigenvalue weighted by atomic mass is 10.1. The fourth-order valence-corrected chi connectivity index (χ4v) is 1.57. The predicted octanol–water partition coefficient (Wildman–Crippen LogP) is 1.75. The molecule has 0 aromatic rings. The molecule has 0 fully saturated rings. The van der Waals surface area contributed by atoms with Crippen LogP contribution in [0.2, 0.25) is 0 Å². The Kier molecular flexibility index (Phi) is 11.0. The van der Waals surface area contributed by atoms with Gasteiger partial charge < -0.3 is 20.5 Å². The minimum atomic E-state index is -0.749. The first-order chi connectivity index (χ1) is 9.06. The normalized spacial score (nSPS) is 11.9. The number of carboxylic acids is 1. The molecule has 2 amide bonds. The molecule has 0 aliphatic rings. The molecule has 0 saturated heterocycles. The van der Waals surface area contributed by atoms with Crippen LogP contribution in [-0.2, 0) is 9.53 Å². The van der Waals surface area contributed by atoms with Crippen LogP contribution in [0.4, 0.5) is 4.79 Å². The van der Waals surface area contributed by atoms with Crippen LogP contribution in [-0.4, -0.2) is 42.9 Å². The van der Waals surface area contributed by atoms with Gasteiger partial charge in [-0.15, -0.1) is 0 Å². The van der Waals surface area contributed by atoms with E-state index in [1.165, 1.54) is 0 Å². The molecule has 0 rings (SSSR count). The number of carbonyl (C=O) groups excluding carboxylic acids is 1. The number of hydrogen-bond donors (Lipinski definition) is 3. The van der Waals surface area contributed by atoms with Gasteiger partial charge in [-0.1, -0.05) is 12.8 Å². The highest BCUT2D eigenvalue weighted by Gasteiger charge is 2.05. The van der Waals surface area contributed by atoms with E-state index in [9.17, 15) is 9.59 Å². The lowest BCUT2D eigenvalue weighted by molar-refractivity contribution is -0.137. The summed E-state index contributed by atoms with van der Waals surface area (Å²) in [7, 11) is 0. The average Bonchev–Trinajstić information content (AvgIpc) is 2.34. The topological polar surface area (TPSA) is 87.7 Å². The summed E-state index contributed by atoms with van der Waals surface area (Å²) in [6.45, 7) is 5.57. The maximum Gasteiger partial charge on any atom is 0.315 e. The van der Waals surface area contributed by atoms with Crippen molar-refractivity contribution in [2.45, 2.75) is 52.0 Å². The number of carbonyl (C=O) groups is 2. The monoisotopic (exact) mass is 274 g/mol. The van der Waals surface area contributed by atoms with E-state index in [4.69, 9.17) is 9.84 Å². The van der Waals surface area contributed by atoms with Crippen LogP contribution in [0.1, 0.15) is 46.0 Å². The van der Waals surface area contributed by atoms with Crippen LogP contribution in [0.5, 0.6) is 0 Å². The van der Waals surface area contributed by atoms with Crippen molar-refractivity contribution in [1.29, 1.82) is 0 Å². The molecule has 0 saturated carbocycles. The zero-order valence-electron chi connectivity index (χ0n) is 11.9. The summed E-state index contributed by atoms with van der Waals surface area (Å²) in [6.07, 6.45) is 3.61. The fourth-order valence-electron chi connectivity index (χ4n) is 1.57. The highest BCUT2D eigenvalue weighted by atomic mass is 16.5. The summed E-state index contributed by atoms with van der Waals surface area (Å²) in [5.41, 5.74) is 0. The van der Waals surface area contributed by atoms with Crippen LogP contribution in [0.25, 0.3) is 0 Å². The van der Waals surface area contributed by atoms with Crippen molar-refractivity contribution in [1.82, 2.24) is 10.6 Å². The molecule has 0 spiro atoms. The Hall–Kier alpha value is -1.30. The Labute approximate surface area is 114 Å². The van der Waals surface area contributed by atoms with E-state index in [2.05, 4.69) is 10.6 Å². The third kappa shape index (κ3) is 12.9. The first-order valence-corrected chi connectivity index (χ1v) is 6.90. The molecule has 0 aromatic carbocycles. The second kappa shape index (κ2) is 11.8. The molecule has 0 aliphatic carbocycles. The van der Waals surface area contributed by atoms with Crippen LogP contribution in [0, 0.1) is 0 Å². The molecule has 0 radical (unpaired) electrons. The summed E-state index contributed by atoms with van der Waals surface area (Å²) in [6, 6.07) is -0.187. The number of hydrogen-bond acceptors (Lipinski definition) is 3. The Morgan fingerprint density at radius 3 is 2.53 bits per heavy atom.